The summed E-state index contributed by atoms with van der Waals surface area (Å²) in [5.74, 6) is 0. The molecule has 0 saturated heterocycles. The van der Waals surface area contributed by atoms with Crippen LogP contribution in [0.1, 0.15) is 55.4 Å². The average molecular weight is 228 g/mol. The molecule has 0 aromatic heterocycles. The first-order chi connectivity index (χ1) is 7.10. The van der Waals surface area contributed by atoms with E-state index in [9.17, 15) is 0 Å². The van der Waals surface area contributed by atoms with Gasteiger partial charge in [-0.3, -0.25) is 0 Å². The van der Waals surface area contributed by atoms with Gasteiger partial charge in [-0.2, -0.15) is 0 Å². The standard InChI is InChI=1S/C14H28O2/c1-9(2)15-11-13(5,6)12(14(11,7)8)16-10(3)4/h9-12H,1-8H3/t11-,12-. The van der Waals surface area contributed by atoms with E-state index in [-0.39, 0.29) is 35.2 Å². The minimum Gasteiger partial charge on any atom is -0.374 e. The third-order valence-electron chi connectivity index (χ3n) is 3.52. The van der Waals surface area contributed by atoms with Gasteiger partial charge in [0.1, 0.15) is 0 Å². The largest absolute Gasteiger partial charge is 0.374 e. The molecule has 1 fully saturated rings. The first-order valence-electron chi connectivity index (χ1n) is 6.41. The second kappa shape index (κ2) is 4.30. The molecule has 1 saturated carbocycles. The normalized spacial score (nSPS) is 31.9. The predicted octanol–water partition coefficient (Wildman–Crippen LogP) is 3.64. The molecule has 0 spiro atoms. The van der Waals surface area contributed by atoms with Crippen LogP contribution in [0.2, 0.25) is 0 Å². The fourth-order valence-corrected chi connectivity index (χ4v) is 3.34. The van der Waals surface area contributed by atoms with E-state index < -0.39 is 0 Å². The lowest BCUT2D eigenvalue weighted by Crippen LogP contribution is -2.69. The van der Waals surface area contributed by atoms with Crippen LogP contribution in [0.4, 0.5) is 0 Å². The van der Waals surface area contributed by atoms with Gasteiger partial charge in [-0.1, -0.05) is 27.7 Å². The molecule has 96 valence electrons. The maximum absolute atomic E-state index is 6.05. The van der Waals surface area contributed by atoms with E-state index in [0.29, 0.717) is 0 Å². The highest BCUT2D eigenvalue weighted by molar-refractivity contribution is 5.12. The summed E-state index contributed by atoms with van der Waals surface area (Å²) in [6.07, 6.45) is 1.12. The number of rotatable bonds is 4. The maximum atomic E-state index is 6.05. The summed E-state index contributed by atoms with van der Waals surface area (Å²) in [7, 11) is 0. The monoisotopic (exact) mass is 228 g/mol. The summed E-state index contributed by atoms with van der Waals surface area (Å²) in [4.78, 5) is 0. The smallest absolute Gasteiger partial charge is 0.0730 e. The minimum absolute atomic E-state index is 0.109. The zero-order chi connectivity index (χ0) is 12.7. The Bertz CT molecular complexity index is 203. The SMILES string of the molecule is CC(C)O[C@H]1C(C)(C)[C@H](OC(C)C)C1(C)C. The zero-order valence-corrected chi connectivity index (χ0v) is 12.1. The zero-order valence-electron chi connectivity index (χ0n) is 12.1. The van der Waals surface area contributed by atoms with Crippen molar-refractivity contribution in [3.8, 4) is 0 Å². The molecular weight excluding hydrogens is 200 g/mol. The Labute approximate surface area is 101 Å². The lowest BCUT2D eigenvalue weighted by atomic mass is 9.50. The molecule has 0 N–H and O–H groups in total. The van der Waals surface area contributed by atoms with Gasteiger partial charge in [0.15, 0.2) is 0 Å². The van der Waals surface area contributed by atoms with E-state index in [2.05, 4.69) is 55.4 Å². The van der Waals surface area contributed by atoms with Crippen molar-refractivity contribution in [2.75, 3.05) is 0 Å². The van der Waals surface area contributed by atoms with Crippen molar-refractivity contribution in [2.24, 2.45) is 10.8 Å². The second-order valence-electron chi connectivity index (χ2n) is 6.77. The van der Waals surface area contributed by atoms with E-state index >= 15 is 0 Å². The molecule has 0 bridgehead atoms. The van der Waals surface area contributed by atoms with Crippen molar-refractivity contribution in [3.05, 3.63) is 0 Å². The highest BCUT2D eigenvalue weighted by Gasteiger charge is 2.63. The van der Waals surface area contributed by atoms with Crippen LogP contribution in [-0.4, -0.2) is 24.4 Å². The van der Waals surface area contributed by atoms with Crippen molar-refractivity contribution < 1.29 is 9.47 Å². The molecule has 0 unspecified atom stereocenters. The fourth-order valence-electron chi connectivity index (χ4n) is 3.34. The molecule has 2 nitrogen and oxygen atoms in total. The second-order valence-corrected chi connectivity index (χ2v) is 6.77. The number of hydrogen-bond donors (Lipinski definition) is 0. The van der Waals surface area contributed by atoms with Gasteiger partial charge in [-0.25, -0.2) is 0 Å². The maximum Gasteiger partial charge on any atom is 0.0730 e. The summed E-state index contributed by atoms with van der Waals surface area (Å²) in [5.41, 5.74) is 0.218. The number of ether oxygens (including phenoxy) is 2. The molecule has 2 heteroatoms. The van der Waals surface area contributed by atoms with Gasteiger partial charge in [0.25, 0.3) is 0 Å². The van der Waals surface area contributed by atoms with Gasteiger partial charge in [-0.15, -0.1) is 0 Å². The highest BCUT2D eigenvalue weighted by atomic mass is 16.5. The van der Waals surface area contributed by atoms with Crippen molar-refractivity contribution >= 4 is 0 Å². The molecule has 0 aromatic rings. The molecule has 1 aliphatic rings. The van der Waals surface area contributed by atoms with Crippen molar-refractivity contribution in [3.63, 3.8) is 0 Å². The average Bonchev–Trinajstić information content (AvgIpc) is 2.09. The topological polar surface area (TPSA) is 18.5 Å². The van der Waals surface area contributed by atoms with Crippen molar-refractivity contribution in [1.82, 2.24) is 0 Å². The molecule has 0 aromatic carbocycles. The molecule has 0 amide bonds. The van der Waals surface area contributed by atoms with Gasteiger partial charge < -0.3 is 9.47 Å². The van der Waals surface area contributed by atoms with E-state index in [4.69, 9.17) is 9.47 Å². The van der Waals surface area contributed by atoms with Crippen LogP contribution in [0, 0.1) is 10.8 Å². The van der Waals surface area contributed by atoms with Crippen LogP contribution in [0.15, 0.2) is 0 Å². The molecular formula is C14H28O2. The lowest BCUT2D eigenvalue weighted by molar-refractivity contribution is -0.298. The van der Waals surface area contributed by atoms with E-state index in [0.717, 1.165) is 0 Å². The Morgan fingerprint density at radius 3 is 1.12 bits per heavy atom. The molecule has 1 aliphatic carbocycles. The van der Waals surface area contributed by atoms with Gasteiger partial charge in [0.05, 0.1) is 24.4 Å². The minimum atomic E-state index is 0.109. The first-order valence-corrected chi connectivity index (χ1v) is 6.41. The van der Waals surface area contributed by atoms with Crippen molar-refractivity contribution in [1.29, 1.82) is 0 Å². The van der Waals surface area contributed by atoms with Crippen LogP contribution in [0.3, 0.4) is 0 Å². The Kier molecular flexibility index (Phi) is 3.76. The lowest BCUT2D eigenvalue weighted by Gasteiger charge is -2.63. The first kappa shape index (κ1) is 14.0. The van der Waals surface area contributed by atoms with Gasteiger partial charge in [0, 0.05) is 10.8 Å². The Balaban J connectivity index is 2.77. The summed E-state index contributed by atoms with van der Waals surface area (Å²) in [6, 6.07) is 0. The van der Waals surface area contributed by atoms with E-state index in [1.807, 2.05) is 0 Å². The van der Waals surface area contributed by atoms with Crippen molar-refractivity contribution in [2.45, 2.75) is 79.8 Å². The molecule has 0 atom stereocenters. The summed E-state index contributed by atoms with van der Waals surface area (Å²) < 4.78 is 12.1. The molecule has 0 radical (unpaired) electrons. The van der Waals surface area contributed by atoms with E-state index in [1.54, 1.807) is 0 Å². The highest BCUT2D eigenvalue weighted by Crippen LogP contribution is 2.57. The molecule has 0 aliphatic heterocycles. The Morgan fingerprint density at radius 2 is 0.938 bits per heavy atom. The molecule has 1 rings (SSSR count). The van der Waals surface area contributed by atoms with Crippen LogP contribution in [-0.2, 0) is 9.47 Å². The van der Waals surface area contributed by atoms with Crippen LogP contribution in [0.25, 0.3) is 0 Å². The summed E-state index contributed by atoms with van der Waals surface area (Å²) in [6.45, 7) is 17.4. The number of hydrogen-bond acceptors (Lipinski definition) is 2. The third-order valence-corrected chi connectivity index (χ3v) is 3.52. The predicted molar refractivity (Wildman–Crippen MR) is 67.6 cm³/mol. The van der Waals surface area contributed by atoms with Gasteiger partial charge in [0.2, 0.25) is 0 Å². The van der Waals surface area contributed by atoms with Gasteiger partial charge in [-0.05, 0) is 27.7 Å². The van der Waals surface area contributed by atoms with Crippen LogP contribution in [0.5, 0.6) is 0 Å². The quantitative estimate of drug-likeness (QED) is 0.731. The third kappa shape index (κ3) is 2.28. The molecule has 16 heavy (non-hydrogen) atoms. The Hall–Kier alpha value is -0.0800. The van der Waals surface area contributed by atoms with Crippen LogP contribution >= 0.6 is 0 Å². The fraction of sp³-hybridized carbons (Fsp3) is 1.00. The van der Waals surface area contributed by atoms with Gasteiger partial charge >= 0.3 is 0 Å². The van der Waals surface area contributed by atoms with Crippen LogP contribution < -0.4 is 0 Å². The molecule has 0 heterocycles. The Morgan fingerprint density at radius 1 is 0.688 bits per heavy atom. The summed E-state index contributed by atoms with van der Waals surface area (Å²) in [5, 5.41) is 0. The van der Waals surface area contributed by atoms with E-state index in [1.165, 1.54) is 0 Å². The summed E-state index contributed by atoms with van der Waals surface area (Å²) >= 11 is 0.